The fourth-order valence-electron chi connectivity index (χ4n) is 2.87. The van der Waals surface area contributed by atoms with Crippen molar-refractivity contribution < 1.29 is 14.3 Å². The Morgan fingerprint density at radius 3 is 2.72 bits per heavy atom. The number of carbonyl (C=O) groups excluding carboxylic acids is 2. The van der Waals surface area contributed by atoms with Crippen molar-refractivity contribution in [2.75, 3.05) is 26.2 Å². The lowest BCUT2D eigenvalue weighted by molar-refractivity contribution is -0.168. The summed E-state index contributed by atoms with van der Waals surface area (Å²) in [5.41, 5.74) is -0.741. The lowest BCUT2D eigenvalue weighted by Gasteiger charge is -2.45. The van der Waals surface area contributed by atoms with Gasteiger partial charge < -0.3 is 9.64 Å². The fourth-order valence-corrected chi connectivity index (χ4v) is 2.87. The van der Waals surface area contributed by atoms with Gasteiger partial charge in [0.15, 0.2) is 0 Å². The predicted molar refractivity (Wildman–Crippen MR) is 66.0 cm³/mol. The summed E-state index contributed by atoms with van der Waals surface area (Å²) < 4.78 is 5.21. The lowest BCUT2D eigenvalue weighted by atomic mass is 9.84. The van der Waals surface area contributed by atoms with E-state index in [-0.39, 0.29) is 11.9 Å². The normalized spacial score (nSPS) is 23.8. The minimum absolute atomic E-state index is 0.0937. The molecule has 18 heavy (non-hydrogen) atoms. The first-order valence-corrected chi connectivity index (χ1v) is 6.81. The van der Waals surface area contributed by atoms with Crippen LogP contribution >= 0.6 is 0 Å². The summed E-state index contributed by atoms with van der Waals surface area (Å²) in [4.78, 5) is 26.2. The van der Waals surface area contributed by atoms with E-state index in [0.29, 0.717) is 45.5 Å². The molecule has 0 bridgehead atoms. The number of carbonyl (C=O) groups is 2. The maximum Gasteiger partial charge on any atom is 0.332 e. The van der Waals surface area contributed by atoms with E-state index in [4.69, 9.17) is 4.74 Å². The number of piperidine rings is 2. The van der Waals surface area contributed by atoms with Crippen LogP contribution in [-0.4, -0.2) is 48.6 Å². The van der Waals surface area contributed by atoms with Crippen LogP contribution in [0.1, 0.15) is 39.0 Å². The van der Waals surface area contributed by atoms with Crippen molar-refractivity contribution >= 4 is 11.9 Å². The van der Waals surface area contributed by atoms with Gasteiger partial charge in [-0.15, -0.1) is 0 Å². The second-order valence-corrected chi connectivity index (χ2v) is 4.93. The first-order chi connectivity index (χ1) is 8.70. The molecule has 1 amide bonds. The van der Waals surface area contributed by atoms with Crippen LogP contribution in [0.4, 0.5) is 0 Å². The molecule has 2 saturated heterocycles. The Balaban J connectivity index is 2.22. The van der Waals surface area contributed by atoms with Crippen LogP contribution < -0.4 is 5.32 Å². The van der Waals surface area contributed by atoms with Crippen molar-refractivity contribution in [1.82, 2.24) is 10.2 Å². The summed E-state index contributed by atoms with van der Waals surface area (Å²) in [5.74, 6) is -0.147. The van der Waals surface area contributed by atoms with Crippen molar-refractivity contribution in [1.29, 1.82) is 0 Å². The second kappa shape index (κ2) is 5.69. The molecule has 5 nitrogen and oxygen atoms in total. The smallest absolute Gasteiger partial charge is 0.332 e. The van der Waals surface area contributed by atoms with Crippen LogP contribution in [0.5, 0.6) is 0 Å². The molecule has 0 aromatic rings. The van der Waals surface area contributed by atoms with Crippen molar-refractivity contribution in [2.24, 2.45) is 0 Å². The molecule has 2 heterocycles. The van der Waals surface area contributed by atoms with Gasteiger partial charge in [-0.3, -0.25) is 4.79 Å². The highest BCUT2D eigenvalue weighted by Gasteiger charge is 2.48. The predicted octanol–water partition coefficient (Wildman–Crippen LogP) is 0.699. The third-order valence-corrected chi connectivity index (χ3v) is 3.86. The molecule has 5 heteroatoms. The summed E-state index contributed by atoms with van der Waals surface area (Å²) in [6, 6.07) is 0. The maximum atomic E-state index is 12.3. The molecule has 0 aliphatic carbocycles. The minimum Gasteiger partial charge on any atom is -0.464 e. The number of amides is 1. The fraction of sp³-hybridized carbons (Fsp3) is 0.846. The molecule has 2 aliphatic rings. The molecule has 101 valence electrons. The zero-order valence-corrected chi connectivity index (χ0v) is 11.0. The first kappa shape index (κ1) is 13.3. The minimum atomic E-state index is -0.741. The van der Waals surface area contributed by atoms with Crippen LogP contribution in [0.25, 0.3) is 0 Å². The van der Waals surface area contributed by atoms with Gasteiger partial charge in [0.1, 0.15) is 5.54 Å². The third-order valence-electron chi connectivity index (χ3n) is 3.86. The summed E-state index contributed by atoms with van der Waals surface area (Å²) in [7, 11) is 0. The monoisotopic (exact) mass is 253 g/mol. The Hall–Kier alpha value is -1.10. The highest BCUT2D eigenvalue weighted by Crippen LogP contribution is 2.31. The van der Waals surface area contributed by atoms with Gasteiger partial charge in [-0.05, 0) is 32.6 Å². The Labute approximate surface area is 108 Å². The molecule has 2 rings (SSSR count). The lowest BCUT2D eigenvalue weighted by Crippen LogP contribution is -2.62. The van der Waals surface area contributed by atoms with Gasteiger partial charge in [0, 0.05) is 26.1 Å². The third kappa shape index (κ3) is 2.36. The number of likely N-dealkylation sites (tertiary alicyclic amines) is 1. The largest absolute Gasteiger partial charge is 0.464 e. The van der Waals surface area contributed by atoms with Gasteiger partial charge in [0.2, 0.25) is 5.91 Å². The molecular formula is C13H21N2O3. The Kier molecular flexibility index (Phi) is 4.22. The van der Waals surface area contributed by atoms with E-state index in [0.717, 1.165) is 12.8 Å². The van der Waals surface area contributed by atoms with Gasteiger partial charge in [-0.1, -0.05) is 0 Å². The number of hydrogen-bond donors (Lipinski definition) is 0. The Morgan fingerprint density at radius 1 is 1.39 bits per heavy atom. The van der Waals surface area contributed by atoms with Crippen molar-refractivity contribution in [3.05, 3.63) is 0 Å². The molecular weight excluding hydrogens is 232 g/mol. The number of esters is 1. The van der Waals surface area contributed by atoms with E-state index < -0.39 is 5.54 Å². The average Bonchev–Trinajstić information content (AvgIpc) is 2.40. The standard InChI is InChI=1S/C13H21N2O3/c1-2-18-12(17)13(6-8-14-9-7-13)15-10-4-3-5-11(15)16/h2-10H2,1H3. The van der Waals surface area contributed by atoms with Gasteiger partial charge in [-0.2, -0.15) is 0 Å². The molecule has 2 aliphatic heterocycles. The molecule has 1 radical (unpaired) electrons. The van der Waals surface area contributed by atoms with E-state index in [9.17, 15) is 9.59 Å². The van der Waals surface area contributed by atoms with Crippen molar-refractivity contribution in [3.63, 3.8) is 0 Å². The number of rotatable bonds is 3. The quantitative estimate of drug-likeness (QED) is 0.696. The van der Waals surface area contributed by atoms with Crippen LogP contribution in [0.3, 0.4) is 0 Å². The molecule has 0 saturated carbocycles. The van der Waals surface area contributed by atoms with E-state index in [2.05, 4.69) is 5.32 Å². The molecule has 0 N–H and O–H groups in total. The summed E-state index contributed by atoms with van der Waals surface area (Å²) in [6.45, 7) is 4.12. The molecule has 0 aromatic heterocycles. The number of ether oxygens (including phenoxy) is 1. The highest BCUT2D eigenvalue weighted by atomic mass is 16.5. The zero-order chi connectivity index (χ0) is 13.0. The van der Waals surface area contributed by atoms with Crippen LogP contribution in [0.15, 0.2) is 0 Å². The summed E-state index contributed by atoms with van der Waals surface area (Å²) in [5, 5.41) is 4.29. The average molecular weight is 253 g/mol. The molecule has 2 fully saturated rings. The van der Waals surface area contributed by atoms with Gasteiger partial charge in [-0.25, -0.2) is 10.1 Å². The Morgan fingerprint density at radius 2 is 2.11 bits per heavy atom. The van der Waals surface area contributed by atoms with Crippen molar-refractivity contribution in [2.45, 2.75) is 44.6 Å². The highest BCUT2D eigenvalue weighted by molar-refractivity contribution is 5.88. The van der Waals surface area contributed by atoms with Gasteiger partial charge >= 0.3 is 5.97 Å². The summed E-state index contributed by atoms with van der Waals surface area (Å²) in [6.07, 6.45) is 3.68. The maximum absolute atomic E-state index is 12.3. The van der Waals surface area contributed by atoms with E-state index in [1.165, 1.54) is 0 Å². The van der Waals surface area contributed by atoms with Gasteiger partial charge in [0.25, 0.3) is 0 Å². The van der Waals surface area contributed by atoms with Crippen molar-refractivity contribution in [3.8, 4) is 0 Å². The zero-order valence-electron chi connectivity index (χ0n) is 11.0. The van der Waals surface area contributed by atoms with Crippen LogP contribution in [0.2, 0.25) is 0 Å². The van der Waals surface area contributed by atoms with E-state index in [1.54, 1.807) is 11.8 Å². The molecule has 0 aromatic carbocycles. The van der Waals surface area contributed by atoms with E-state index >= 15 is 0 Å². The molecule has 0 atom stereocenters. The number of hydrogen-bond acceptors (Lipinski definition) is 3. The first-order valence-electron chi connectivity index (χ1n) is 6.81. The van der Waals surface area contributed by atoms with Gasteiger partial charge in [0.05, 0.1) is 6.61 Å². The molecule has 0 spiro atoms. The Bertz CT molecular complexity index is 324. The SMILES string of the molecule is CCOC(=O)C1(N2CCCCC2=O)CC[N]CC1. The second-order valence-electron chi connectivity index (χ2n) is 4.93. The number of nitrogens with zero attached hydrogens (tertiary/aromatic N) is 2. The van der Waals surface area contributed by atoms with Crippen LogP contribution in [-0.2, 0) is 14.3 Å². The van der Waals surface area contributed by atoms with E-state index in [1.807, 2.05) is 0 Å². The summed E-state index contributed by atoms with van der Waals surface area (Å²) >= 11 is 0. The molecule has 0 unspecified atom stereocenters. The van der Waals surface area contributed by atoms with Crippen LogP contribution in [0, 0.1) is 0 Å². The topological polar surface area (TPSA) is 60.7 Å².